The van der Waals surface area contributed by atoms with E-state index in [4.69, 9.17) is 27.2 Å². The topological polar surface area (TPSA) is 72.5 Å². The molecule has 20 heavy (non-hydrogen) atoms. The number of nitrogens with two attached hydrogens (primary N) is 1. The molecule has 0 atom stereocenters. The second-order valence-corrected chi connectivity index (χ2v) is 4.49. The number of hydrogen-bond donors (Lipinski definition) is 2. The Hall–Kier alpha value is -2.27. The molecule has 0 saturated heterocycles. The number of nitrogen functional groups attached to an aromatic ring is 1. The predicted molar refractivity (Wildman–Crippen MR) is 73.6 cm³/mol. The van der Waals surface area contributed by atoms with E-state index in [1.807, 2.05) is 0 Å². The third-order valence-corrected chi connectivity index (χ3v) is 2.98. The van der Waals surface area contributed by atoms with Gasteiger partial charge in [-0.05, 0) is 30.3 Å². The monoisotopic (exact) mass is 295 g/mol. The SMILES string of the molecule is Nc1ccc(OCc2ccc(F)cc2Cl)c(C(=O)O)c1. The lowest BCUT2D eigenvalue weighted by Gasteiger charge is -2.10. The van der Waals surface area contributed by atoms with E-state index in [1.165, 1.54) is 36.4 Å². The standard InChI is InChI=1S/C14H11ClFNO3/c15-12-5-9(16)2-1-8(12)7-20-13-4-3-10(17)6-11(13)14(18)19/h1-6H,7,17H2,(H,18,19). The van der Waals surface area contributed by atoms with Crippen molar-refractivity contribution in [1.82, 2.24) is 0 Å². The molecule has 0 aliphatic heterocycles. The fraction of sp³-hybridized carbons (Fsp3) is 0.0714. The van der Waals surface area contributed by atoms with E-state index >= 15 is 0 Å². The first-order valence-electron chi connectivity index (χ1n) is 5.67. The van der Waals surface area contributed by atoms with Gasteiger partial charge in [-0.1, -0.05) is 17.7 Å². The van der Waals surface area contributed by atoms with Gasteiger partial charge in [0.2, 0.25) is 0 Å². The summed E-state index contributed by atoms with van der Waals surface area (Å²) >= 11 is 5.87. The molecule has 0 fully saturated rings. The van der Waals surface area contributed by atoms with Crippen LogP contribution in [0.2, 0.25) is 5.02 Å². The van der Waals surface area contributed by atoms with Gasteiger partial charge in [-0.15, -0.1) is 0 Å². The first-order chi connectivity index (χ1) is 9.47. The van der Waals surface area contributed by atoms with Gasteiger partial charge in [0.25, 0.3) is 0 Å². The number of carboxylic acids is 1. The van der Waals surface area contributed by atoms with Gasteiger partial charge in [-0.25, -0.2) is 9.18 Å². The quantitative estimate of drug-likeness (QED) is 0.849. The number of halogens is 2. The van der Waals surface area contributed by atoms with Crippen molar-refractivity contribution in [2.45, 2.75) is 6.61 Å². The predicted octanol–water partition coefficient (Wildman–Crippen LogP) is 3.34. The molecule has 0 saturated carbocycles. The van der Waals surface area contributed by atoms with E-state index in [0.29, 0.717) is 11.3 Å². The summed E-state index contributed by atoms with van der Waals surface area (Å²) in [5.74, 6) is -1.41. The fourth-order valence-electron chi connectivity index (χ4n) is 1.63. The maximum absolute atomic E-state index is 12.9. The Morgan fingerprint density at radius 3 is 2.70 bits per heavy atom. The zero-order valence-corrected chi connectivity index (χ0v) is 11.0. The lowest BCUT2D eigenvalue weighted by molar-refractivity contribution is 0.0692. The van der Waals surface area contributed by atoms with Crippen LogP contribution in [-0.2, 0) is 6.61 Å². The number of carboxylic acid groups (broad SMARTS) is 1. The smallest absolute Gasteiger partial charge is 0.339 e. The van der Waals surface area contributed by atoms with Gasteiger partial charge in [0, 0.05) is 11.3 Å². The summed E-state index contributed by atoms with van der Waals surface area (Å²) in [6.45, 7) is 0.0311. The van der Waals surface area contributed by atoms with Crippen LogP contribution in [0.25, 0.3) is 0 Å². The molecular weight excluding hydrogens is 285 g/mol. The van der Waals surface area contributed by atoms with Crippen molar-refractivity contribution in [2.75, 3.05) is 5.73 Å². The van der Waals surface area contributed by atoms with Gasteiger partial charge in [0.05, 0.1) is 5.02 Å². The first-order valence-corrected chi connectivity index (χ1v) is 6.04. The van der Waals surface area contributed by atoms with Crippen LogP contribution >= 0.6 is 11.6 Å². The average molecular weight is 296 g/mol. The molecule has 0 unspecified atom stereocenters. The Kier molecular flexibility index (Phi) is 4.10. The Morgan fingerprint density at radius 2 is 2.05 bits per heavy atom. The van der Waals surface area contributed by atoms with Crippen LogP contribution in [0.15, 0.2) is 36.4 Å². The highest BCUT2D eigenvalue weighted by molar-refractivity contribution is 6.31. The number of anilines is 1. The van der Waals surface area contributed by atoms with E-state index in [1.54, 1.807) is 0 Å². The molecule has 0 amide bonds. The van der Waals surface area contributed by atoms with Crippen molar-refractivity contribution < 1.29 is 19.0 Å². The molecule has 0 spiro atoms. The number of aromatic carboxylic acids is 1. The summed E-state index contributed by atoms with van der Waals surface area (Å²) in [6, 6.07) is 8.22. The zero-order valence-electron chi connectivity index (χ0n) is 10.3. The van der Waals surface area contributed by atoms with Gasteiger partial charge in [0.15, 0.2) is 0 Å². The molecule has 3 N–H and O–H groups in total. The molecule has 2 rings (SSSR count). The third kappa shape index (κ3) is 3.19. The van der Waals surface area contributed by atoms with Gasteiger partial charge in [-0.2, -0.15) is 0 Å². The van der Waals surface area contributed by atoms with Crippen LogP contribution in [-0.4, -0.2) is 11.1 Å². The van der Waals surface area contributed by atoms with E-state index in [0.717, 1.165) is 0 Å². The van der Waals surface area contributed by atoms with Crippen LogP contribution in [0.1, 0.15) is 15.9 Å². The number of hydrogen-bond acceptors (Lipinski definition) is 3. The molecule has 0 aliphatic carbocycles. The van der Waals surface area contributed by atoms with Crippen LogP contribution in [0, 0.1) is 5.82 Å². The zero-order chi connectivity index (χ0) is 14.7. The maximum Gasteiger partial charge on any atom is 0.339 e. The second-order valence-electron chi connectivity index (χ2n) is 4.09. The first kappa shape index (κ1) is 14.1. The van der Waals surface area contributed by atoms with Crippen LogP contribution in [0.4, 0.5) is 10.1 Å². The van der Waals surface area contributed by atoms with E-state index < -0.39 is 11.8 Å². The molecule has 104 valence electrons. The van der Waals surface area contributed by atoms with Crippen LogP contribution in [0.3, 0.4) is 0 Å². The molecule has 6 heteroatoms. The van der Waals surface area contributed by atoms with Gasteiger partial charge in [-0.3, -0.25) is 0 Å². The van der Waals surface area contributed by atoms with Gasteiger partial charge >= 0.3 is 5.97 Å². The van der Waals surface area contributed by atoms with Crippen molar-refractivity contribution in [3.05, 3.63) is 58.4 Å². The molecule has 0 aliphatic rings. The minimum Gasteiger partial charge on any atom is -0.488 e. The number of ether oxygens (including phenoxy) is 1. The van der Waals surface area contributed by atoms with E-state index in [9.17, 15) is 9.18 Å². The highest BCUT2D eigenvalue weighted by Crippen LogP contribution is 2.24. The van der Waals surface area contributed by atoms with Crippen LogP contribution < -0.4 is 10.5 Å². The lowest BCUT2D eigenvalue weighted by atomic mass is 10.2. The molecule has 2 aromatic carbocycles. The average Bonchev–Trinajstić information content (AvgIpc) is 2.38. The highest BCUT2D eigenvalue weighted by atomic mass is 35.5. The fourth-order valence-corrected chi connectivity index (χ4v) is 1.86. The Morgan fingerprint density at radius 1 is 1.30 bits per heavy atom. The van der Waals surface area contributed by atoms with Crippen molar-refractivity contribution in [1.29, 1.82) is 0 Å². The summed E-state index contributed by atoms with van der Waals surface area (Å²) in [4.78, 5) is 11.1. The van der Waals surface area contributed by atoms with Crippen molar-refractivity contribution in [3.8, 4) is 5.75 Å². The molecule has 4 nitrogen and oxygen atoms in total. The van der Waals surface area contributed by atoms with Gasteiger partial charge < -0.3 is 15.6 Å². The summed E-state index contributed by atoms with van der Waals surface area (Å²) in [5, 5.41) is 9.29. The van der Waals surface area contributed by atoms with E-state index in [-0.39, 0.29) is 22.9 Å². The third-order valence-electron chi connectivity index (χ3n) is 2.63. The summed E-state index contributed by atoms with van der Waals surface area (Å²) < 4.78 is 18.3. The van der Waals surface area contributed by atoms with Crippen LogP contribution in [0.5, 0.6) is 5.75 Å². The molecule has 0 aromatic heterocycles. The van der Waals surface area contributed by atoms with Crippen molar-refractivity contribution in [3.63, 3.8) is 0 Å². The maximum atomic E-state index is 12.9. The molecule has 0 bridgehead atoms. The normalized spacial score (nSPS) is 10.3. The minimum absolute atomic E-state index is 0.0311. The number of benzene rings is 2. The molecule has 2 aromatic rings. The minimum atomic E-state index is -1.14. The summed E-state index contributed by atoms with van der Waals surface area (Å²) in [5.41, 5.74) is 6.38. The van der Waals surface area contributed by atoms with Crippen molar-refractivity contribution >= 4 is 23.3 Å². The molecular formula is C14H11ClFNO3. The van der Waals surface area contributed by atoms with E-state index in [2.05, 4.69) is 0 Å². The Labute approximate surface area is 119 Å². The largest absolute Gasteiger partial charge is 0.488 e. The lowest BCUT2D eigenvalue weighted by Crippen LogP contribution is -2.04. The summed E-state index contributed by atoms with van der Waals surface area (Å²) in [7, 11) is 0. The van der Waals surface area contributed by atoms with Gasteiger partial charge in [0.1, 0.15) is 23.7 Å². The second kappa shape index (κ2) is 5.79. The number of carbonyl (C=O) groups is 1. The van der Waals surface area contributed by atoms with Crippen molar-refractivity contribution in [2.24, 2.45) is 0 Å². The Balaban J connectivity index is 2.20. The highest BCUT2D eigenvalue weighted by Gasteiger charge is 2.12. The Bertz CT molecular complexity index is 661. The molecule has 0 radical (unpaired) electrons. The molecule has 0 heterocycles. The number of rotatable bonds is 4. The summed E-state index contributed by atoms with van der Waals surface area (Å²) in [6.07, 6.45) is 0.